The third-order valence-electron chi connectivity index (χ3n) is 2.42. The Morgan fingerprint density at radius 3 is 2.93 bits per heavy atom. The molecule has 4 heteroatoms. The van der Waals surface area contributed by atoms with Crippen LogP contribution in [0.4, 0.5) is 0 Å². The van der Waals surface area contributed by atoms with Crippen molar-refractivity contribution >= 4 is 11.6 Å². The molecule has 0 bridgehead atoms. The van der Waals surface area contributed by atoms with Gasteiger partial charge in [-0.2, -0.15) is 5.10 Å². The number of rotatable bonds is 7. The van der Waals surface area contributed by atoms with Crippen LogP contribution >= 0.6 is 11.6 Å². The van der Waals surface area contributed by atoms with E-state index in [2.05, 4.69) is 30.5 Å². The number of nitrogens with one attached hydrogen (secondary N) is 1. The van der Waals surface area contributed by atoms with Gasteiger partial charge in [-0.25, -0.2) is 0 Å². The lowest BCUT2D eigenvalue weighted by atomic mass is 10.2. The van der Waals surface area contributed by atoms with E-state index in [9.17, 15) is 0 Å². The molecular formula is C11H20ClN3. The maximum absolute atomic E-state index is 6.02. The maximum Gasteiger partial charge on any atom is 0.0534 e. The molecule has 0 spiro atoms. The van der Waals surface area contributed by atoms with Crippen molar-refractivity contribution < 1.29 is 0 Å². The van der Waals surface area contributed by atoms with E-state index >= 15 is 0 Å². The highest BCUT2D eigenvalue weighted by molar-refractivity contribution is 6.20. The molecule has 1 N–H and O–H groups in total. The zero-order valence-corrected chi connectivity index (χ0v) is 10.3. The van der Waals surface area contributed by atoms with Gasteiger partial charge in [-0.1, -0.05) is 6.92 Å². The fraction of sp³-hybridized carbons (Fsp3) is 0.727. The number of nitrogens with zero attached hydrogens (tertiary/aromatic N) is 2. The Morgan fingerprint density at radius 1 is 1.53 bits per heavy atom. The Balaban J connectivity index is 2.14. The summed E-state index contributed by atoms with van der Waals surface area (Å²) in [4.78, 5) is 0. The van der Waals surface area contributed by atoms with Crippen molar-refractivity contribution in [3.8, 4) is 0 Å². The molecule has 15 heavy (non-hydrogen) atoms. The number of aryl methyl sites for hydroxylation is 1. The highest BCUT2D eigenvalue weighted by atomic mass is 35.5. The normalized spacial score (nSPS) is 13.0. The molecule has 1 rings (SSSR count). The van der Waals surface area contributed by atoms with Crippen molar-refractivity contribution in [2.45, 2.75) is 45.2 Å². The topological polar surface area (TPSA) is 29.9 Å². The first-order valence-electron chi connectivity index (χ1n) is 5.62. The lowest BCUT2D eigenvalue weighted by Crippen LogP contribution is -2.17. The summed E-state index contributed by atoms with van der Waals surface area (Å²) in [5.41, 5.74) is 1.24. The van der Waals surface area contributed by atoms with Gasteiger partial charge in [0, 0.05) is 30.2 Å². The largest absolute Gasteiger partial charge is 0.313 e. The fourth-order valence-corrected chi connectivity index (χ4v) is 1.48. The lowest BCUT2D eigenvalue weighted by Gasteiger charge is -2.06. The molecule has 0 fully saturated rings. The summed E-state index contributed by atoms with van der Waals surface area (Å²) in [5.74, 6) is 0. The van der Waals surface area contributed by atoms with E-state index < -0.39 is 0 Å². The van der Waals surface area contributed by atoms with E-state index in [1.807, 2.05) is 10.9 Å². The molecule has 0 aromatic carbocycles. The average molecular weight is 230 g/mol. The molecule has 0 aliphatic carbocycles. The van der Waals surface area contributed by atoms with Crippen LogP contribution in [0.1, 0.15) is 32.3 Å². The van der Waals surface area contributed by atoms with Crippen molar-refractivity contribution in [3.05, 3.63) is 18.0 Å². The van der Waals surface area contributed by atoms with E-state index in [0.29, 0.717) is 5.38 Å². The van der Waals surface area contributed by atoms with Gasteiger partial charge in [-0.05, 0) is 26.3 Å². The third kappa shape index (κ3) is 4.67. The molecule has 0 amide bonds. The minimum absolute atomic E-state index is 0.302. The van der Waals surface area contributed by atoms with Gasteiger partial charge in [0.1, 0.15) is 0 Å². The molecule has 1 atom stereocenters. The van der Waals surface area contributed by atoms with Crippen molar-refractivity contribution in [2.24, 2.45) is 0 Å². The number of hydrogen-bond donors (Lipinski definition) is 1. The molecule has 0 aliphatic rings. The predicted octanol–water partition coefficient (Wildman–Crippen LogP) is 2.40. The molecule has 0 aliphatic heterocycles. The number of hydrogen-bond acceptors (Lipinski definition) is 2. The Hall–Kier alpha value is -0.540. The second-order valence-corrected chi connectivity index (χ2v) is 4.29. The van der Waals surface area contributed by atoms with Gasteiger partial charge < -0.3 is 5.32 Å². The monoisotopic (exact) mass is 229 g/mol. The van der Waals surface area contributed by atoms with Crippen LogP contribution in [0, 0.1) is 0 Å². The molecule has 1 heterocycles. The van der Waals surface area contributed by atoms with E-state index in [4.69, 9.17) is 11.6 Å². The van der Waals surface area contributed by atoms with Gasteiger partial charge in [-0.15, -0.1) is 11.6 Å². The third-order valence-corrected chi connectivity index (χ3v) is 2.94. The summed E-state index contributed by atoms with van der Waals surface area (Å²) in [5, 5.41) is 7.88. The first kappa shape index (κ1) is 12.5. The summed E-state index contributed by atoms with van der Waals surface area (Å²) < 4.78 is 1.94. The molecule has 0 radical (unpaired) electrons. The van der Waals surface area contributed by atoms with E-state index in [1.165, 1.54) is 5.56 Å². The van der Waals surface area contributed by atoms with Crippen molar-refractivity contribution in [1.82, 2.24) is 15.1 Å². The van der Waals surface area contributed by atoms with Crippen molar-refractivity contribution in [1.29, 1.82) is 0 Å². The number of halogens is 1. The van der Waals surface area contributed by atoms with Crippen LogP contribution in [0.15, 0.2) is 12.4 Å². The summed E-state index contributed by atoms with van der Waals surface area (Å²) in [6, 6.07) is 0. The van der Waals surface area contributed by atoms with Gasteiger partial charge in [0.25, 0.3) is 0 Å². The summed E-state index contributed by atoms with van der Waals surface area (Å²) in [6.45, 7) is 6.98. The standard InChI is InChI=1S/C11H20ClN3/c1-3-11(12)5-6-13-7-10-8-14-15(4-2)9-10/h8-9,11,13H,3-7H2,1-2H3. The zero-order chi connectivity index (χ0) is 11.1. The van der Waals surface area contributed by atoms with Gasteiger partial charge >= 0.3 is 0 Å². The van der Waals surface area contributed by atoms with Gasteiger partial charge in [-0.3, -0.25) is 4.68 Å². The molecule has 3 nitrogen and oxygen atoms in total. The molecule has 1 unspecified atom stereocenters. The Kier molecular flexibility index (Phi) is 5.73. The molecule has 1 aromatic rings. The van der Waals surface area contributed by atoms with Crippen LogP contribution in [0.3, 0.4) is 0 Å². The zero-order valence-electron chi connectivity index (χ0n) is 9.54. The molecule has 0 saturated heterocycles. The quantitative estimate of drug-likeness (QED) is 0.575. The molecule has 1 aromatic heterocycles. The van der Waals surface area contributed by atoms with E-state index in [1.54, 1.807) is 0 Å². The van der Waals surface area contributed by atoms with E-state index in [-0.39, 0.29) is 0 Å². The second-order valence-electron chi connectivity index (χ2n) is 3.68. The number of alkyl halides is 1. The molecule has 0 saturated carbocycles. The Bertz CT molecular complexity index is 273. The fourth-order valence-electron chi connectivity index (χ4n) is 1.37. The van der Waals surface area contributed by atoms with Gasteiger partial charge in [0.15, 0.2) is 0 Å². The van der Waals surface area contributed by atoms with Crippen molar-refractivity contribution in [2.75, 3.05) is 6.54 Å². The first-order chi connectivity index (χ1) is 7.26. The highest BCUT2D eigenvalue weighted by Gasteiger charge is 2.01. The number of aromatic nitrogens is 2. The second kappa shape index (κ2) is 6.85. The molecule has 86 valence electrons. The van der Waals surface area contributed by atoms with Gasteiger partial charge in [0.05, 0.1) is 6.20 Å². The van der Waals surface area contributed by atoms with Crippen LogP contribution in [-0.2, 0) is 13.1 Å². The molecular weight excluding hydrogens is 210 g/mol. The van der Waals surface area contributed by atoms with Crippen LogP contribution < -0.4 is 5.32 Å². The first-order valence-corrected chi connectivity index (χ1v) is 6.06. The Labute approximate surface area is 96.8 Å². The summed E-state index contributed by atoms with van der Waals surface area (Å²) >= 11 is 6.02. The van der Waals surface area contributed by atoms with Gasteiger partial charge in [0.2, 0.25) is 0 Å². The van der Waals surface area contributed by atoms with E-state index in [0.717, 1.165) is 32.5 Å². The maximum atomic E-state index is 6.02. The minimum atomic E-state index is 0.302. The average Bonchev–Trinajstić information content (AvgIpc) is 2.72. The SMILES string of the molecule is CCC(Cl)CCNCc1cnn(CC)c1. The minimum Gasteiger partial charge on any atom is -0.313 e. The lowest BCUT2D eigenvalue weighted by molar-refractivity contribution is 0.620. The van der Waals surface area contributed by atoms with Crippen LogP contribution in [0.2, 0.25) is 0 Å². The summed E-state index contributed by atoms with van der Waals surface area (Å²) in [7, 11) is 0. The Morgan fingerprint density at radius 2 is 2.33 bits per heavy atom. The van der Waals surface area contributed by atoms with Crippen LogP contribution in [0.5, 0.6) is 0 Å². The smallest absolute Gasteiger partial charge is 0.0534 e. The van der Waals surface area contributed by atoms with Crippen LogP contribution in [-0.4, -0.2) is 21.7 Å². The van der Waals surface area contributed by atoms with Crippen molar-refractivity contribution in [3.63, 3.8) is 0 Å². The highest BCUT2D eigenvalue weighted by Crippen LogP contribution is 2.05. The summed E-state index contributed by atoms with van der Waals surface area (Å²) in [6.07, 6.45) is 6.05. The predicted molar refractivity (Wildman–Crippen MR) is 64.2 cm³/mol. The van der Waals surface area contributed by atoms with Crippen LogP contribution in [0.25, 0.3) is 0 Å².